The number of nitrogens with zero attached hydrogens (tertiary/aromatic N) is 1. The van der Waals surface area contributed by atoms with E-state index >= 15 is 0 Å². The third kappa shape index (κ3) is 2.12. The van der Waals surface area contributed by atoms with Crippen molar-refractivity contribution in [2.24, 2.45) is 0 Å². The first-order valence-corrected chi connectivity index (χ1v) is 5.45. The zero-order chi connectivity index (χ0) is 10.7. The number of hydrogen-bond acceptors (Lipinski definition) is 2. The van der Waals surface area contributed by atoms with Crippen LogP contribution in [0.3, 0.4) is 0 Å². The van der Waals surface area contributed by atoms with Gasteiger partial charge in [-0.2, -0.15) is 0 Å². The zero-order valence-electron chi connectivity index (χ0n) is 8.69. The minimum Gasteiger partial charge on any atom is -0.396 e. The smallest absolute Gasteiger partial charge is 0.146 e. The molecule has 15 heavy (non-hydrogen) atoms. The van der Waals surface area contributed by atoms with Gasteiger partial charge in [-0.1, -0.05) is 12.1 Å². The van der Waals surface area contributed by atoms with E-state index in [0.717, 1.165) is 25.8 Å². The van der Waals surface area contributed by atoms with Gasteiger partial charge in [-0.15, -0.1) is 0 Å². The molecule has 0 amide bonds. The van der Waals surface area contributed by atoms with Crippen LogP contribution in [-0.4, -0.2) is 24.3 Å². The second-order valence-corrected chi connectivity index (χ2v) is 3.95. The Morgan fingerprint density at radius 2 is 2.20 bits per heavy atom. The average molecular weight is 209 g/mol. The number of aliphatic hydroxyl groups is 1. The summed E-state index contributed by atoms with van der Waals surface area (Å²) in [4.78, 5) is 2.07. The predicted molar refractivity (Wildman–Crippen MR) is 58.5 cm³/mol. The monoisotopic (exact) mass is 209 g/mol. The molecule has 3 heteroatoms. The number of aliphatic hydroxyl groups excluding tert-OH is 1. The minimum atomic E-state index is -0.165. The van der Waals surface area contributed by atoms with E-state index < -0.39 is 0 Å². The highest BCUT2D eigenvalue weighted by Crippen LogP contribution is 2.28. The van der Waals surface area contributed by atoms with Gasteiger partial charge < -0.3 is 10.0 Å². The number of rotatable bonds is 3. The molecule has 0 saturated carbocycles. The molecule has 2 rings (SSSR count). The summed E-state index contributed by atoms with van der Waals surface area (Å²) in [5, 5.41) is 8.94. The van der Waals surface area contributed by atoms with E-state index in [-0.39, 0.29) is 12.4 Å². The standard InChI is InChI=1S/C12H16FNO/c13-11-5-1-2-6-12(11)14-8-3-4-10(14)7-9-15/h1-2,5-6,10,15H,3-4,7-9H2. The van der Waals surface area contributed by atoms with Crippen molar-refractivity contribution >= 4 is 5.69 Å². The van der Waals surface area contributed by atoms with Crippen molar-refractivity contribution in [2.75, 3.05) is 18.1 Å². The minimum absolute atomic E-state index is 0.165. The van der Waals surface area contributed by atoms with Crippen LogP contribution in [0.5, 0.6) is 0 Å². The predicted octanol–water partition coefficient (Wildman–Crippen LogP) is 2.18. The molecular formula is C12H16FNO. The third-order valence-corrected chi connectivity index (χ3v) is 3.00. The lowest BCUT2D eigenvalue weighted by Crippen LogP contribution is -2.30. The Hall–Kier alpha value is -1.09. The molecule has 0 aliphatic carbocycles. The van der Waals surface area contributed by atoms with Crippen LogP contribution in [0.4, 0.5) is 10.1 Å². The molecule has 1 aliphatic heterocycles. The van der Waals surface area contributed by atoms with Gasteiger partial charge in [-0.25, -0.2) is 4.39 Å². The molecule has 1 unspecified atom stereocenters. The van der Waals surface area contributed by atoms with E-state index in [1.807, 2.05) is 12.1 Å². The maximum absolute atomic E-state index is 13.6. The quantitative estimate of drug-likeness (QED) is 0.824. The Morgan fingerprint density at radius 3 is 2.93 bits per heavy atom. The van der Waals surface area contributed by atoms with Gasteiger partial charge in [-0.3, -0.25) is 0 Å². The van der Waals surface area contributed by atoms with E-state index in [1.165, 1.54) is 6.07 Å². The normalized spacial score (nSPS) is 20.9. The van der Waals surface area contributed by atoms with Gasteiger partial charge in [0.2, 0.25) is 0 Å². The Kier molecular flexibility index (Phi) is 3.21. The largest absolute Gasteiger partial charge is 0.396 e. The second-order valence-electron chi connectivity index (χ2n) is 3.95. The topological polar surface area (TPSA) is 23.5 Å². The lowest BCUT2D eigenvalue weighted by atomic mass is 10.1. The molecule has 2 nitrogen and oxygen atoms in total. The van der Waals surface area contributed by atoms with Gasteiger partial charge in [0.15, 0.2) is 0 Å². The fourth-order valence-electron chi connectivity index (χ4n) is 2.29. The molecule has 1 aliphatic rings. The van der Waals surface area contributed by atoms with Crippen molar-refractivity contribution in [3.63, 3.8) is 0 Å². The average Bonchev–Trinajstić information content (AvgIpc) is 2.67. The van der Waals surface area contributed by atoms with Gasteiger partial charge >= 0.3 is 0 Å². The number of anilines is 1. The molecule has 1 fully saturated rings. The Labute approximate surface area is 89.3 Å². The van der Waals surface area contributed by atoms with Gasteiger partial charge in [0.25, 0.3) is 0 Å². The molecule has 0 aromatic heterocycles. The van der Waals surface area contributed by atoms with Crippen LogP contribution in [0.15, 0.2) is 24.3 Å². The first kappa shape index (κ1) is 10.4. The highest BCUT2D eigenvalue weighted by Gasteiger charge is 2.25. The van der Waals surface area contributed by atoms with Crippen LogP contribution in [0.1, 0.15) is 19.3 Å². The molecule has 0 bridgehead atoms. The van der Waals surface area contributed by atoms with Gasteiger partial charge in [0.1, 0.15) is 5.82 Å². The van der Waals surface area contributed by atoms with E-state index in [1.54, 1.807) is 6.07 Å². The molecule has 82 valence electrons. The van der Waals surface area contributed by atoms with Crippen molar-refractivity contribution in [3.8, 4) is 0 Å². The van der Waals surface area contributed by atoms with Gasteiger partial charge in [0, 0.05) is 19.2 Å². The second kappa shape index (κ2) is 4.62. The summed E-state index contributed by atoms with van der Waals surface area (Å²) in [5.74, 6) is -0.165. The summed E-state index contributed by atoms with van der Waals surface area (Å²) < 4.78 is 13.6. The van der Waals surface area contributed by atoms with Crippen LogP contribution in [0.25, 0.3) is 0 Å². The Morgan fingerprint density at radius 1 is 1.40 bits per heavy atom. The summed E-state index contributed by atoms with van der Waals surface area (Å²) in [6.45, 7) is 1.07. The SMILES string of the molecule is OCCC1CCCN1c1ccccc1F. The molecule has 1 atom stereocenters. The molecule has 1 N–H and O–H groups in total. The van der Waals surface area contributed by atoms with E-state index in [2.05, 4.69) is 4.90 Å². The van der Waals surface area contributed by atoms with Crippen LogP contribution >= 0.6 is 0 Å². The van der Waals surface area contributed by atoms with Crippen LogP contribution in [-0.2, 0) is 0 Å². The lowest BCUT2D eigenvalue weighted by Gasteiger charge is -2.26. The highest BCUT2D eigenvalue weighted by molar-refractivity contribution is 5.49. The molecule has 1 saturated heterocycles. The molecule has 0 radical (unpaired) electrons. The first-order chi connectivity index (χ1) is 7.33. The fraction of sp³-hybridized carbons (Fsp3) is 0.500. The Bertz CT molecular complexity index is 329. The molecule has 1 heterocycles. The number of halogens is 1. The van der Waals surface area contributed by atoms with Crippen molar-refractivity contribution in [3.05, 3.63) is 30.1 Å². The van der Waals surface area contributed by atoms with Crippen LogP contribution in [0, 0.1) is 5.82 Å². The lowest BCUT2D eigenvalue weighted by molar-refractivity contribution is 0.275. The molecule has 1 aromatic rings. The van der Waals surface area contributed by atoms with Crippen molar-refractivity contribution in [1.29, 1.82) is 0 Å². The number of hydrogen-bond donors (Lipinski definition) is 1. The van der Waals surface area contributed by atoms with E-state index in [0.29, 0.717) is 11.7 Å². The molecule has 1 aromatic carbocycles. The van der Waals surface area contributed by atoms with Gasteiger partial charge in [0.05, 0.1) is 5.69 Å². The maximum Gasteiger partial charge on any atom is 0.146 e. The van der Waals surface area contributed by atoms with E-state index in [9.17, 15) is 4.39 Å². The summed E-state index contributed by atoms with van der Waals surface area (Å²) in [6, 6.07) is 7.16. The molecule has 0 spiro atoms. The number of para-hydroxylation sites is 1. The summed E-state index contributed by atoms with van der Waals surface area (Å²) >= 11 is 0. The fourth-order valence-corrected chi connectivity index (χ4v) is 2.29. The third-order valence-electron chi connectivity index (χ3n) is 3.00. The van der Waals surface area contributed by atoms with Crippen molar-refractivity contribution in [1.82, 2.24) is 0 Å². The summed E-state index contributed by atoms with van der Waals surface area (Å²) in [5.41, 5.74) is 0.674. The van der Waals surface area contributed by atoms with Gasteiger partial charge in [-0.05, 0) is 31.4 Å². The zero-order valence-corrected chi connectivity index (χ0v) is 8.69. The van der Waals surface area contributed by atoms with Crippen molar-refractivity contribution in [2.45, 2.75) is 25.3 Å². The summed E-state index contributed by atoms with van der Waals surface area (Å²) in [6.07, 6.45) is 2.86. The number of benzene rings is 1. The highest BCUT2D eigenvalue weighted by atomic mass is 19.1. The van der Waals surface area contributed by atoms with Crippen LogP contribution < -0.4 is 4.90 Å². The first-order valence-electron chi connectivity index (χ1n) is 5.45. The maximum atomic E-state index is 13.6. The molecular weight excluding hydrogens is 193 g/mol. The van der Waals surface area contributed by atoms with Crippen molar-refractivity contribution < 1.29 is 9.50 Å². The Balaban J connectivity index is 2.19. The summed E-state index contributed by atoms with van der Waals surface area (Å²) in [7, 11) is 0. The van der Waals surface area contributed by atoms with E-state index in [4.69, 9.17) is 5.11 Å². The van der Waals surface area contributed by atoms with Crippen LogP contribution in [0.2, 0.25) is 0 Å².